The fraction of sp³-hybridized carbons (Fsp3) is 1.00. The van der Waals surface area contributed by atoms with Crippen molar-refractivity contribution in [3.05, 3.63) is 0 Å². The average molecular weight is 226 g/mol. The topological polar surface area (TPSA) is 29.3 Å². The Bertz CT molecular complexity index is 195. The lowest BCUT2D eigenvalue weighted by molar-refractivity contribution is 0.189. The summed E-state index contributed by atoms with van der Waals surface area (Å²) < 4.78 is 0. The van der Waals surface area contributed by atoms with Crippen LogP contribution < -0.4 is 5.73 Å². The highest BCUT2D eigenvalue weighted by molar-refractivity contribution is 4.87. The lowest BCUT2D eigenvalue weighted by Crippen LogP contribution is -2.40. The molecule has 16 heavy (non-hydrogen) atoms. The molecular weight excluding hydrogens is 196 g/mol. The zero-order valence-corrected chi connectivity index (χ0v) is 11.6. The molecule has 2 N–H and O–H groups in total. The van der Waals surface area contributed by atoms with E-state index in [9.17, 15) is 0 Å². The second-order valence-corrected chi connectivity index (χ2v) is 6.38. The second-order valence-electron chi connectivity index (χ2n) is 6.38. The highest BCUT2D eigenvalue weighted by Gasteiger charge is 2.33. The van der Waals surface area contributed by atoms with Gasteiger partial charge in [-0.15, -0.1) is 0 Å². The molecule has 1 aliphatic heterocycles. The van der Waals surface area contributed by atoms with Crippen LogP contribution in [0.25, 0.3) is 0 Å². The molecule has 0 aromatic rings. The lowest BCUT2D eigenvalue weighted by atomic mass is 9.80. The first-order valence-corrected chi connectivity index (χ1v) is 6.93. The van der Waals surface area contributed by atoms with Gasteiger partial charge in [0.1, 0.15) is 0 Å². The van der Waals surface area contributed by atoms with Crippen molar-refractivity contribution in [3.63, 3.8) is 0 Å². The average Bonchev–Trinajstić information content (AvgIpc) is 2.68. The first-order chi connectivity index (χ1) is 7.49. The third-order valence-electron chi connectivity index (χ3n) is 4.12. The Morgan fingerprint density at radius 2 is 2.06 bits per heavy atom. The van der Waals surface area contributed by atoms with E-state index in [0.717, 1.165) is 12.5 Å². The number of likely N-dealkylation sites (tertiary alicyclic amines) is 1. The molecule has 1 aliphatic rings. The summed E-state index contributed by atoms with van der Waals surface area (Å²) in [6, 6.07) is 0.632. The van der Waals surface area contributed by atoms with Gasteiger partial charge in [0.25, 0.3) is 0 Å². The first-order valence-electron chi connectivity index (χ1n) is 6.93. The van der Waals surface area contributed by atoms with Crippen molar-refractivity contribution in [3.8, 4) is 0 Å². The Morgan fingerprint density at radius 1 is 1.38 bits per heavy atom. The van der Waals surface area contributed by atoms with E-state index in [0.29, 0.717) is 11.5 Å². The SMILES string of the molecule is CCCCC(CN)N1CCC(C(C)(C)C)C1. The van der Waals surface area contributed by atoms with Gasteiger partial charge in [-0.05, 0) is 30.7 Å². The number of nitrogens with zero attached hydrogens (tertiary/aromatic N) is 1. The largest absolute Gasteiger partial charge is 0.329 e. The summed E-state index contributed by atoms with van der Waals surface area (Å²) in [7, 11) is 0. The quantitative estimate of drug-likeness (QED) is 0.781. The maximum Gasteiger partial charge on any atom is 0.0218 e. The third kappa shape index (κ3) is 3.74. The molecule has 0 aromatic carbocycles. The van der Waals surface area contributed by atoms with Gasteiger partial charge in [0.05, 0.1) is 0 Å². The smallest absolute Gasteiger partial charge is 0.0218 e. The van der Waals surface area contributed by atoms with Gasteiger partial charge in [0, 0.05) is 19.1 Å². The van der Waals surface area contributed by atoms with Gasteiger partial charge < -0.3 is 5.73 Å². The minimum atomic E-state index is 0.457. The van der Waals surface area contributed by atoms with E-state index in [1.54, 1.807) is 0 Å². The normalized spacial score (nSPS) is 24.9. The number of rotatable bonds is 5. The lowest BCUT2D eigenvalue weighted by Gasteiger charge is -2.30. The van der Waals surface area contributed by atoms with Crippen LogP contribution in [-0.2, 0) is 0 Å². The van der Waals surface area contributed by atoms with Gasteiger partial charge in [-0.3, -0.25) is 4.90 Å². The Balaban J connectivity index is 2.44. The van der Waals surface area contributed by atoms with Crippen molar-refractivity contribution >= 4 is 0 Å². The fourth-order valence-corrected chi connectivity index (χ4v) is 2.72. The van der Waals surface area contributed by atoms with E-state index in [4.69, 9.17) is 5.73 Å². The molecule has 0 radical (unpaired) electrons. The van der Waals surface area contributed by atoms with Gasteiger partial charge >= 0.3 is 0 Å². The van der Waals surface area contributed by atoms with Crippen LogP contribution in [0.3, 0.4) is 0 Å². The number of hydrogen-bond donors (Lipinski definition) is 1. The molecule has 2 nitrogen and oxygen atoms in total. The van der Waals surface area contributed by atoms with E-state index in [1.165, 1.54) is 38.8 Å². The molecular formula is C14H30N2. The predicted molar refractivity (Wildman–Crippen MR) is 71.5 cm³/mol. The Labute approximate surface area is 102 Å². The molecule has 2 atom stereocenters. The molecule has 2 unspecified atom stereocenters. The number of nitrogens with two attached hydrogens (primary N) is 1. The van der Waals surface area contributed by atoms with Crippen molar-refractivity contribution < 1.29 is 0 Å². The zero-order valence-electron chi connectivity index (χ0n) is 11.6. The molecule has 1 rings (SSSR count). The number of unbranched alkanes of at least 4 members (excludes halogenated alkanes) is 1. The third-order valence-corrected chi connectivity index (χ3v) is 4.12. The Morgan fingerprint density at radius 3 is 2.50 bits per heavy atom. The molecule has 0 spiro atoms. The number of hydrogen-bond acceptors (Lipinski definition) is 2. The van der Waals surface area contributed by atoms with Crippen molar-refractivity contribution in [2.24, 2.45) is 17.1 Å². The molecule has 2 heteroatoms. The van der Waals surface area contributed by atoms with Gasteiger partial charge in [-0.25, -0.2) is 0 Å². The molecule has 0 aliphatic carbocycles. The van der Waals surface area contributed by atoms with Crippen LogP contribution in [0, 0.1) is 11.3 Å². The second kappa shape index (κ2) is 6.02. The summed E-state index contributed by atoms with van der Waals surface area (Å²) in [5.74, 6) is 0.850. The maximum absolute atomic E-state index is 5.91. The summed E-state index contributed by atoms with van der Waals surface area (Å²) in [6.45, 7) is 12.7. The molecule has 0 amide bonds. The molecule has 96 valence electrons. The molecule has 1 fully saturated rings. The van der Waals surface area contributed by atoms with Crippen molar-refractivity contribution in [2.75, 3.05) is 19.6 Å². The van der Waals surface area contributed by atoms with Crippen LogP contribution in [0.4, 0.5) is 0 Å². The summed E-state index contributed by atoms with van der Waals surface area (Å²) in [4.78, 5) is 2.63. The van der Waals surface area contributed by atoms with E-state index in [2.05, 4.69) is 32.6 Å². The predicted octanol–water partition coefficient (Wildman–Crippen LogP) is 2.87. The van der Waals surface area contributed by atoms with Crippen molar-refractivity contribution in [1.82, 2.24) is 4.90 Å². The van der Waals surface area contributed by atoms with Gasteiger partial charge in [-0.2, -0.15) is 0 Å². The van der Waals surface area contributed by atoms with Crippen LogP contribution in [0.5, 0.6) is 0 Å². The molecule has 0 aromatic heterocycles. The standard InChI is InChI=1S/C14H30N2/c1-5-6-7-13(10-15)16-9-8-12(11-16)14(2,3)4/h12-13H,5-11,15H2,1-4H3. The summed E-state index contributed by atoms with van der Waals surface area (Å²) in [5.41, 5.74) is 6.36. The fourth-order valence-electron chi connectivity index (χ4n) is 2.72. The van der Waals surface area contributed by atoms with E-state index >= 15 is 0 Å². The van der Waals surface area contributed by atoms with Crippen LogP contribution >= 0.6 is 0 Å². The van der Waals surface area contributed by atoms with Gasteiger partial charge in [-0.1, -0.05) is 40.5 Å². The highest BCUT2D eigenvalue weighted by atomic mass is 15.2. The van der Waals surface area contributed by atoms with Crippen molar-refractivity contribution in [1.29, 1.82) is 0 Å². The summed E-state index contributed by atoms with van der Waals surface area (Å²) >= 11 is 0. The summed E-state index contributed by atoms with van der Waals surface area (Å²) in [6.07, 6.45) is 5.24. The monoisotopic (exact) mass is 226 g/mol. The highest BCUT2D eigenvalue weighted by Crippen LogP contribution is 2.34. The van der Waals surface area contributed by atoms with Gasteiger partial charge in [0.2, 0.25) is 0 Å². The molecule has 0 saturated carbocycles. The van der Waals surface area contributed by atoms with Crippen LogP contribution in [0.1, 0.15) is 53.4 Å². The first kappa shape index (κ1) is 14.0. The van der Waals surface area contributed by atoms with E-state index < -0.39 is 0 Å². The molecule has 1 heterocycles. The van der Waals surface area contributed by atoms with E-state index in [1.807, 2.05) is 0 Å². The van der Waals surface area contributed by atoms with Crippen molar-refractivity contribution in [2.45, 2.75) is 59.4 Å². The molecule has 0 bridgehead atoms. The molecule has 1 saturated heterocycles. The zero-order chi connectivity index (χ0) is 12.2. The maximum atomic E-state index is 5.91. The summed E-state index contributed by atoms with van der Waals surface area (Å²) in [5, 5.41) is 0. The Hall–Kier alpha value is -0.0800. The Kier molecular flexibility index (Phi) is 5.26. The minimum absolute atomic E-state index is 0.457. The minimum Gasteiger partial charge on any atom is -0.329 e. The van der Waals surface area contributed by atoms with Crippen LogP contribution in [-0.4, -0.2) is 30.6 Å². The van der Waals surface area contributed by atoms with Crippen LogP contribution in [0.15, 0.2) is 0 Å². The van der Waals surface area contributed by atoms with Crippen LogP contribution in [0.2, 0.25) is 0 Å². The van der Waals surface area contributed by atoms with Gasteiger partial charge in [0.15, 0.2) is 0 Å². The van der Waals surface area contributed by atoms with E-state index in [-0.39, 0.29) is 0 Å².